The van der Waals surface area contributed by atoms with Crippen LogP contribution in [0.3, 0.4) is 0 Å². The first-order valence-electron chi connectivity index (χ1n) is 9.87. The maximum Gasteiger partial charge on any atom is 0.255 e. The van der Waals surface area contributed by atoms with Crippen LogP contribution in [0.4, 0.5) is 0 Å². The smallest absolute Gasteiger partial charge is 0.255 e. The van der Waals surface area contributed by atoms with E-state index in [1.807, 2.05) is 12.4 Å². The highest BCUT2D eigenvalue weighted by atomic mass is 16.5. The molecule has 1 amide bonds. The minimum atomic E-state index is -0.130. The molecule has 7 nitrogen and oxygen atoms in total. The van der Waals surface area contributed by atoms with Gasteiger partial charge in [-0.2, -0.15) is 0 Å². The molecule has 2 heterocycles. The number of nitrogens with one attached hydrogen (secondary N) is 1. The van der Waals surface area contributed by atoms with Gasteiger partial charge in [0, 0.05) is 32.0 Å². The molecule has 0 radical (unpaired) electrons. The van der Waals surface area contributed by atoms with Crippen LogP contribution < -0.4 is 14.8 Å². The highest BCUT2D eigenvalue weighted by molar-refractivity contribution is 5.97. The number of imidazole rings is 1. The van der Waals surface area contributed by atoms with Crippen molar-refractivity contribution in [3.05, 3.63) is 42.0 Å². The zero-order valence-electron chi connectivity index (χ0n) is 17.0. The van der Waals surface area contributed by atoms with Gasteiger partial charge in [0.1, 0.15) is 5.82 Å². The number of benzene rings is 1. The van der Waals surface area contributed by atoms with E-state index in [4.69, 9.17) is 9.47 Å². The Morgan fingerprint density at radius 1 is 1.32 bits per heavy atom. The predicted octanol–water partition coefficient (Wildman–Crippen LogP) is 2.56. The van der Waals surface area contributed by atoms with Crippen LogP contribution in [0.5, 0.6) is 11.5 Å². The van der Waals surface area contributed by atoms with Crippen LogP contribution in [0.15, 0.2) is 30.6 Å². The van der Waals surface area contributed by atoms with Crippen molar-refractivity contribution in [2.24, 2.45) is 5.92 Å². The van der Waals surface area contributed by atoms with Crippen molar-refractivity contribution in [2.75, 3.05) is 33.9 Å². The number of likely N-dealkylation sites (tertiary alicyclic amines) is 1. The third-order valence-corrected chi connectivity index (χ3v) is 5.31. The molecule has 1 saturated heterocycles. The van der Waals surface area contributed by atoms with Crippen LogP contribution >= 0.6 is 0 Å². The molecule has 1 N–H and O–H groups in total. The fraction of sp³-hybridized carbons (Fsp3) is 0.524. The molecule has 0 unspecified atom stereocenters. The van der Waals surface area contributed by atoms with Gasteiger partial charge < -0.3 is 19.4 Å². The van der Waals surface area contributed by atoms with Gasteiger partial charge in [-0.1, -0.05) is 6.07 Å². The number of rotatable bonds is 8. The summed E-state index contributed by atoms with van der Waals surface area (Å²) in [7, 11) is 3.12. The number of hydrogen-bond donors (Lipinski definition) is 1. The van der Waals surface area contributed by atoms with Crippen LogP contribution in [0, 0.1) is 5.92 Å². The maximum atomic E-state index is 12.7. The minimum Gasteiger partial charge on any atom is -0.493 e. The molecule has 0 spiro atoms. The zero-order chi connectivity index (χ0) is 19.9. The predicted molar refractivity (Wildman–Crippen MR) is 108 cm³/mol. The fourth-order valence-corrected chi connectivity index (χ4v) is 3.84. The van der Waals surface area contributed by atoms with E-state index in [1.165, 1.54) is 0 Å². The molecular weight excluding hydrogens is 356 g/mol. The second-order valence-corrected chi connectivity index (χ2v) is 7.12. The molecule has 28 heavy (non-hydrogen) atoms. The van der Waals surface area contributed by atoms with Crippen molar-refractivity contribution in [1.29, 1.82) is 0 Å². The van der Waals surface area contributed by atoms with Crippen molar-refractivity contribution >= 4 is 5.91 Å². The molecule has 2 aromatic rings. The Bertz CT molecular complexity index is 790. The van der Waals surface area contributed by atoms with E-state index in [-0.39, 0.29) is 5.91 Å². The number of carbonyl (C=O) groups is 1. The minimum absolute atomic E-state index is 0.130. The van der Waals surface area contributed by atoms with E-state index in [0.29, 0.717) is 29.5 Å². The normalized spacial score (nSPS) is 17.3. The Kier molecular flexibility index (Phi) is 6.92. The fourth-order valence-electron chi connectivity index (χ4n) is 3.84. The van der Waals surface area contributed by atoms with Gasteiger partial charge in [-0.15, -0.1) is 0 Å². The lowest BCUT2D eigenvalue weighted by molar-refractivity contribution is 0.0926. The zero-order valence-corrected chi connectivity index (χ0v) is 17.0. The van der Waals surface area contributed by atoms with Gasteiger partial charge in [-0.3, -0.25) is 9.69 Å². The number of methoxy groups -OCH3 is 2. The summed E-state index contributed by atoms with van der Waals surface area (Å²) in [5.74, 6) is 2.44. The van der Waals surface area contributed by atoms with Gasteiger partial charge in [0.25, 0.3) is 5.91 Å². The van der Waals surface area contributed by atoms with E-state index in [9.17, 15) is 4.79 Å². The summed E-state index contributed by atoms with van der Waals surface area (Å²) in [6.45, 7) is 6.61. The van der Waals surface area contributed by atoms with Crippen LogP contribution in [0.1, 0.15) is 35.9 Å². The summed E-state index contributed by atoms with van der Waals surface area (Å²) in [5.41, 5.74) is 0.500. The molecule has 1 aliphatic rings. The van der Waals surface area contributed by atoms with Gasteiger partial charge in [-0.25, -0.2) is 4.98 Å². The van der Waals surface area contributed by atoms with E-state index in [1.54, 1.807) is 32.4 Å². The van der Waals surface area contributed by atoms with Gasteiger partial charge in [-0.05, 0) is 44.4 Å². The molecule has 1 aromatic heterocycles. The van der Waals surface area contributed by atoms with Gasteiger partial charge in [0.15, 0.2) is 11.5 Å². The molecule has 1 fully saturated rings. The van der Waals surface area contributed by atoms with Crippen molar-refractivity contribution in [1.82, 2.24) is 19.8 Å². The number of aromatic nitrogens is 2. The summed E-state index contributed by atoms with van der Waals surface area (Å²) < 4.78 is 12.8. The third-order valence-electron chi connectivity index (χ3n) is 5.31. The highest BCUT2D eigenvalue weighted by Crippen LogP contribution is 2.30. The van der Waals surface area contributed by atoms with Crippen LogP contribution in [-0.4, -0.2) is 54.2 Å². The number of amides is 1. The topological polar surface area (TPSA) is 68.6 Å². The van der Waals surface area contributed by atoms with Crippen LogP contribution in [0.2, 0.25) is 0 Å². The Balaban J connectivity index is 1.56. The van der Waals surface area contributed by atoms with Gasteiger partial charge in [0.2, 0.25) is 0 Å². The Hall–Kier alpha value is -2.54. The highest BCUT2D eigenvalue weighted by Gasteiger charge is 2.23. The van der Waals surface area contributed by atoms with Crippen LogP contribution in [0.25, 0.3) is 0 Å². The first-order chi connectivity index (χ1) is 13.7. The lowest BCUT2D eigenvalue weighted by Crippen LogP contribution is -2.41. The molecule has 152 valence electrons. The lowest BCUT2D eigenvalue weighted by Gasteiger charge is -2.32. The summed E-state index contributed by atoms with van der Waals surface area (Å²) in [5, 5.41) is 3.07. The van der Waals surface area contributed by atoms with Crippen molar-refractivity contribution in [3.63, 3.8) is 0 Å². The van der Waals surface area contributed by atoms with E-state index < -0.39 is 0 Å². The van der Waals surface area contributed by atoms with E-state index in [0.717, 1.165) is 44.8 Å². The molecule has 0 saturated carbocycles. The summed E-state index contributed by atoms with van der Waals surface area (Å²) in [6, 6.07) is 5.34. The largest absolute Gasteiger partial charge is 0.493 e. The Morgan fingerprint density at radius 2 is 2.18 bits per heavy atom. The van der Waals surface area contributed by atoms with Gasteiger partial charge in [0.05, 0.1) is 26.3 Å². The molecule has 7 heteroatoms. The summed E-state index contributed by atoms with van der Waals surface area (Å²) in [4.78, 5) is 19.6. The first-order valence-corrected chi connectivity index (χ1v) is 9.87. The average Bonchev–Trinajstić information content (AvgIpc) is 3.18. The SMILES string of the molecule is CCn1ccnc1CN1CCC[C@H](CNC(=O)c2cccc(OC)c2OC)C1. The van der Waals surface area contributed by atoms with Crippen molar-refractivity contribution < 1.29 is 14.3 Å². The Labute approximate surface area is 166 Å². The van der Waals surface area contributed by atoms with E-state index >= 15 is 0 Å². The second kappa shape index (κ2) is 9.59. The molecule has 1 aliphatic heterocycles. The van der Waals surface area contributed by atoms with Gasteiger partial charge >= 0.3 is 0 Å². The lowest BCUT2D eigenvalue weighted by atomic mass is 9.97. The molecule has 1 aromatic carbocycles. The van der Waals surface area contributed by atoms with Crippen molar-refractivity contribution in [2.45, 2.75) is 32.9 Å². The number of aryl methyl sites for hydroxylation is 1. The molecule has 3 rings (SSSR count). The second-order valence-electron chi connectivity index (χ2n) is 7.12. The molecule has 1 atom stereocenters. The number of carbonyl (C=O) groups excluding carboxylic acids is 1. The average molecular weight is 386 g/mol. The number of piperidine rings is 1. The standard InChI is InChI=1S/C21H30N4O3/c1-4-25-12-10-22-19(25)15-24-11-6-7-16(14-24)13-23-21(26)17-8-5-9-18(27-2)20(17)28-3/h5,8-10,12,16H,4,6-7,11,13-15H2,1-3H3,(H,23,26)/t16-/m1/s1. The molecule has 0 bridgehead atoms. The third kappa shape index (κ3) is 4.65. The first kappa shape index (κ1) is 20.2. The van der Waals surface area contributed by atoms with E-state index in [2.05, 4.69) is 26.7 Å². The van der Waals surface area contributed by atoms with Crippen molar-refractivity contribution in [3.8, 4) is 11.5 Å². The number of hydrogen-bond acceptors (Lipinski definition) is 5. The Morgan fingerprint density at radius 3 is 2.93 bits per heavy atom. The monoisotopic (exact) mass is 386 g/mol. The summed E-state index contributed by atoms with van der Waals surface area (Å²) >= 11 is 0. The quantitative estimate of drug-likeness (QED) is 0.755. The number of nitrogens with zero attached hydrogens (tertiary/aromatic N) is 3. The number of para-hydroxylation sites is 1. The summed E-state index contributed by atoms with van der Waals surface area (Å²) in [6.07, 6.45) is 6.14. The number of ether oxygens (including phenoxy) is 2. The maximum absolute atomic E-state index is 12.7. The molecule has 0 aliphatic carbocycles. The van der Waals surface area contributed by atoms with Crippen LogP contribution in [-0.2, 0) is 13.1 Å². The molecular formula is C21H30N4O3.